The van der Waals surface area contributed by atoms with Gasteiger partial charge < -0.3 is 5.73 Å². The number of anilines is 1. The van der Waals surface area contributed by atoms with Crippen LogP contribution in [0.4, 0.5) is 5.82 Å². The van der Waals surface area contributed by atoms with Gasteiger partial charge in [-0.05, 0) is 30.4 Å². The van der Waals surface area contributed by atoms with Crippen LogP contribution in [0.2, 0.25) is 5.15 Å². The number of halogens is 1. The first-order valence-electron chi connectivity index (χ1n) is 4.56. The molecule has 0 saturated heterocycles. The van der Waals surface area contributed by atoms with E-state index in [0.717, 1.165) is 5.56 Å². The van der Waals surface area contributed by atoms with Crippen LogP contribution >= 0.6 is 11.6 Å². The van der Waals surface area contributed by atoms with Crippen molar-refractivity contribution in [3.63, 3.8) is 0 Å². The van der Waals surface area contributed by atoms with Gasteiger partial charge in [0.05, 0.1) is 0 Å². The predicted molar refractivity (Wildman–Crippen MR) is 52.7 cm³/mol. The molecular formula is C9H12ClN3. The smallest absolute Gasteiger partial charge is 0.155 e. The Labute approximate surface area is 82.3 Å². The van der Waals surface area contributed by atoms with E-state index in [1.165, 1.54) is 25.7 Å². The van der Waals surface area contributed by atoms with E-state index in [4.69, 9.17) is 17.3 Å². The fraction of sp³-hybridized carbons (Fsp3) is 0.556. The summed E-state index contributed by atoms with van der Waals surface area (Å²) in [5.41, 5.74) is 6.64. The van der Waals surface area contributed by atoms with Crippen LogP contribution < -0.4 is 5.73 Å². The van der Waals surface area contributed by atoms with Gasteiger partial charge in [0, 0.05) is 0 Å². The molecule has 4 heteroatoms. The molecule has 13 heavy (non-hydrogen) atoms. The van der Waals surface area contributed by atoms with Gasteiger partial charge in [0.25, 0.3) is 0 Å². The standard InChI is InChI=1S/C9H12ClN3/c10-9-7(5-8(11)12-13-9)6-3-1-2-4-6/h5-6H,1-4H2,(H2,11,12). The van der Waals surface area contributed by atoms with Crippen LogP contribution in [-0.2, 0) is 0 Å². The predicted octanol–water partition coefficient (Wildman–Crippen LogP) is 2.37. The number of nitrogens with zero attached hydrogens (tertiary/aromatic N) is 2. The molecule has 0 aromatic carbocycles. The molecule has 2 rings (SSSR count). The third kappa shape index (κ3) is 1.75. The van der Waals surface area contributed by atoms with Gasteiger partial charge in [-0.25, -0.2) is 0 Å². The highest BCUT2D eigenvalue weighted by Gasteiger charge is 2.20. The van der Waals surface area contributed by atoms with Gasteiger partial charge in [-0.15, -0.1) is 10.2 Å². The summed E-state index contributed by atoms with van der Waals surface area (Å²) in [4.78, 5) is 0. The lowest BCUT2D eigenvalue weighted by atomic mass is 10.00. The van der Waals surface area contributed by atoms with Gasteiger partial charge in [0.2, 0.25) is 0 Å². The van der Waals surface area contributed by atoms with Crippen LogP contribution in [0.5, 0.6) is 0 Å². The first-order valence-corrected chi connectivity index (χ1v) is 4.94. The topological polar surface area (TPSA) is 51.8 Å². The van der Waals surface area contributed by atoms with Gasteiger partial charge in [0.15, 0.2) is 5.15 Å². The number of nitrogen functional groups attached to an aromatic ring is 1. The highest BCUT2D eigenvalue weighted by molar-refractivity contribution is 6.30. The van der Waals surface area contributed by atoms with Gasteiger partial charge in [-0.1, -0.05) is 24.4 Å². The minimum absolute atomic E-state index is 0.464. The first kappa shape index (κ1) is 8.75. The molecule has 0 amide bonds. The van der Waals surface area contributed by atoms with Crippen molar-refractivity contribution in [2.24, 2.45) is 0 Å². The molecule has 1 aliphatic carbocycles. The van der Waals surface area contributed by atoms with E-state index in [2.05, 4.69) is 10.2 Å². The van der Waals surface area contributed by atoms with Crippen molar-refractivity contribution in [2.75, 3.05) is 5.73 Å². The highest BCUT2D eigenvalue weighted by Crippen LogP contribution is 2.36. The van der Waals surface area contributed by atoms with Crippen molar-refractivity contribution >= 4 is 17.4 Å². The summed E-state index contributed by atoms with van der Waals surface area (Å²) < 4.78 is 0. The highest BCUT2D eigenvalue weighted by atomic mass is 35.5. The van der Waals surface area contributed by atoms with Gasteiger partial charge in [-0.2, -0.15) is 0 Å². The van der Waals surface area contributed by atoms with E-state index in [1.807, 2.05) is 6.07 Å². The molecule has 1 fully saturated rings. The van der Waals surface area contributed by atoms with Gasteiger partial charge in [-0.3, -0.25) is 0 Å². The molecule has 0 aliphatic heterocycles. The van der Waals surface area contributed by atoms with Gasteiger partial charge in [0.1, 0.15) is 5.82 Å². The zero-order valence-electron chi connectivity index (χ0n) is 7.33. The molecule has 0 spiro atoms. The van der Waals surface area contributed by atoms with Gasteiger partial charge >= 0.3 is 0 Å². The number of rotatable bonds is 1. The largest absolute Gasteiger partial charge is 0.382 e. The molecule has 1 aliphatic rings. The van der Waals surface area contributed by atoms with Crippen molar-refractivity contribution in [3.8, 4) is 0 Å². The third-order valence-electron chi connectivity index (χ3n) is 2.59. The summed E-state index contributed by atoms with van der Waals surface area (Å²) in [5.74, 6) is 1.01. The lowest BCUT2D eigenvalue weighted by Crippen LogP contribution is -2.00. The van der Waals surface area contributed by atoms with E-state index in [9.17, 15) is 0 Å². The molecule has 0 bridgehead atoms. The molecule has 1 aromatic rings. The SMILES string of the molecule is Nc1cc(C2CCCC2)c(Cl)nn1. The van der Waals surface area contributed by atoms with Crippen molar-refractivity contribution < 1.29 is 0 Å². The summed E-state index contributed by atoms with van der Waals surface area (Å²) in [7, 11) is 0. The van der Waals surface area contributed by atoms with E-state index in [-0.39, 0.29) is 0 Å². The third-order valence-corrected chi connectivity index (χ3v) is 2.88. The van der Waals surface area contributed by atoms with E-state index >= 15 is 0 Å². The number of nitrogens with two attached hydrogens (primary N) is 1. The fourth-order valence-corrected chi connectivity index (χ4v) is 2.18. The Morgan fingerprint density at radius 1 is 1.31 bits per heavy atom. The lowest BCUT2D eigenvalue weighted by molar-refractivity contribution is 0.715. The second-order valence-electron chi connectivity index (χ2n) is 3.50. The monoisotopic (exact) mass is 197 g/mol. The summed E-state index contributed by atoms with van der Waals surface area (Å²) in [6, 6.07) is 1.85. The van der Waals surface area contributed by atoms with Crippen molar-refractivity contribution in [3.05, 3.63) is 16.8 Å². The van der Waals surface area contributed by atoms with Crippen LogP contribution in [0.15, 0.2) is 6.07 Å². The number of aromatic nitrogens is 2. The minimum atomic E-state index is 0.464. The quantitative estimate of drug-likeness (QED) is 0.752. The normalized spacial score (nSPS) is 17.9. The Bertz CT molecular complexity index is 308. The molecule has 0 unspecified atom stereocenters. The molecule has 70 valence electrons. The summed E-state index contributed by atoms with van der Waals surface area (Å²) >= 11 is 5.95. The summed E-state index contributed by atoms with van der Waals surface area (Å²) in [5, 5.41) is 8.04. The maximum atomic E-state index is 5.95. The Morgan fingerprint density at radius 3 is 2.69 bits per heavy atom. The first-order chi connectivity index (χ1) is 6.27. The van der Waals surface area contributed by atoms with Crippen LogP contribution in [0.25, 0.3) is 0 Å². The molecule has 1 saturated carbocycles. The average molecular weight is 198 g/mol. The Morgan fingerprint density at radius 2 is 2.00 bits per heavy atom. The number of hydrogen-bond donors (Lipinski definition) is 1. The van der Waals surface area contributed by atoms with Crippen molar-refractivity contribution in [2.45, 2.75) is 31.6 Å². The van der Waals surface area contributed by atoms with E-state index in [0.29, 0.717) is 16.9 Å². The maximum Gasteiger partial charge on any atom is 0.155 e. The van der Waals surface area contributed by atoms with E-state index in [1.54, 1.807) is 0 Å². The summed E-state index contributed by atoms with van der Waals surface area (Å²) in [6.45, 7) is 0. The summed E-state index contributed by atoms with van der Waals surface area (Å²) in [6.07, 6.45) is 4.96. The molecular weight excluding hydrogens is 186 g/mol. The zero-order valence-corrected chi connectivity index (χ0v) is 8.09. The molecule has 0 radical (unpaired) electrons. The maximum absolute atomic E-state index is 5.95. The second-order valence-corrected chi connectivity index (χ2v) is 3.85. The molecule has 3 nitrogen and oxygen atoms in total. The molecule has 2 N–H and O–H groups in total. The fourth-order valence-electron chi connectivity index (χ4n) is 1.93. The minimum Gasteiger partial charge on any atom is -0.382 e. The Kier molecular flexibility index (Phi) is 2.36. The second kappa shape index (κ2) is 3.50. The Hall–Kier alpha value is -0.830. The van der Waals surface area contributed by atoms with Crippen molar-refractivity contribution in [1.29, 1.82) is 0 Å². The van der Waals surface area contributed by atoms with Crippen LogP contribution in [0.3, 0.4) is 0 Å². The molecule has 0 atom stereocenters. The Balaban J connectivity index is 2.32. The van der Waals surface area contributed by atoms with Crippen LogP contribution in [0.1, 0.15) is 37.2 Å². The van der Waals surface area contributed by atoms with E-state index < -0.39 is 0 Å². The average Bonchev–Trinajstić information content (AvgIpc) is 2.61. The van der Waals surface area contributed by atoms with Crippen LogP contribution in [0, 0.1) is 0 Å². The molecule has 1 aromatic heterocycles. The van der Waals surface area contributed by atoms with Crippen molar-refractivity contribution in [1.82, 2.24) is 10.2 Å². The number of hydrogen-bond acceptors (Lipinski definition) is 3. The zero-order chi connectivity index (χ0) is 9.26. The lowest BCUT2D eigenvalue weighted by Gasteiger charge is -2.10. The van der Waals surface area contributed by atoms with Crippen LogP contribution in [-0.4, -0.2) is 10.2 Å². The molecule has 1 heterocycles.